The molecule has 2 rings (SSSR count). The molecule has 0 aliphatic heterocycles. The molecular weight excluding hydrogens is 257 g/mol. The van der Waals surface area contributed by atoms with E-state index in [1.165, 1.54) is 23.5 Å². The highest BCUT2D eigenvalue weighted by Crippen LogP contribution is 2.28. The monoisotopic (exact) mass is 267 g/mol. The maximum atomic E-state index is 13.4. The smallest absolute Gasteiger partial charge is 0.327 e. The van der Waals surface area contributed by atoms with Gasteiger partial charge < -0.3 is 5.32 Å². The lowest BCUT2D eigenvalue weighted by Crippen LogP contribution is -2.04. The van der Waals surface area contributed by atoms with E-state index in [9.17, 15) is 14.5 Å². The first kappa shape index (κ1) is 12.4. The second kappa shape index (κ2) is 5.09. The van der Waals surface area contributed by atoms with Crippen LogP contribution in [0.4, 0.5) is 15.8 Å². The molecule has 1 heterocycles. The van der Waals surface area contributed by atoms with Crippen LogP contribution in [-0.4, -0.2) is 9.91 Å². The Morgan fingerprint density at radius 1 is 1.56 bits per heavy atom. The normalized spacial score (nSPS) is 10.3. The maximum Gasteiger partial charge on any atom is 0.327 e. The van der Waals surface area contributed by atoms with Gasteiger partial charge in [0.15, 0.2) is 0 Å². The Morgan fingerprint density at radius 2 is 2.33 bits per heavy atom. The third kappa shape index (κ3) is 2.45. The summed E-state index contributed by atoms with van der Waals surface area (Å²) in [6.07, 6.45) is 0. The predicted octanol–water partition coefficient (Wildman–Crippen LogP) is 3.11. The maximum absolute atomic E-state index is 13.4. The highest BCUT2D eigenvalue weighted by molar-refractivity contribution is 7.09. The number of hydrogen-bond acceptors (Lipinski definition) is 5. The summed E-state index contributed by atoms with van der Waals surface area (Å²) in [4.78, 5) is 15.1. The second-order valence-corrected chi connectivity index (χ2v) is 4.55. The number of aryl methyl sites for hydroxylation is 1. The van der Waals surface area contributed by atoms with Crippen LogP contribution >= 0.6 is 11.3 Å². The Kier molecular flexibility index (Phi) is 3.52. The van der Waals surface area contributed by atoms with Gasteiger partial charge in [-0.05, 0) is 19.1 Å². The Bertz CT molecular complexity index is 585. The molecule has 0 saturated heterocycles. The zero-order chi connectivity index (χ0) is 13.1. The predicted molar refractivity (Wildman–Crippen MR) is 67.2 cm³/mol. The van der Waals surface area contributed by atoms with Crippen LogP contribution in [0, 0.1) is 22.9 Å². The minimum Gasteiger partial charge on any atom is -0.374 e. The topological polar surface area (TPSA) is 68.1 Å². The van der Waals surface area contributed by atoms with Crippen molar-refractivity contribution in [3.05, 3.63) is 50.2 Å². The highest BCUT2D eigenvalue weighted by Gasteiger charge is 2.19. The molecule has 0 unspecified atom stereocenters. The number of halogens is 1. The first-order valence-electron chi connectivity index (χ1n) is 5.15. The van der Waals surface area contributed by atoms with Crippen LogP contribution in [0.5, 0.6) is 0 Å². The molecule has 0 amide bonds. The van der Waals surface area contributed by atoms with Gasteiger partial charge in [0.2, 0.25) is 5.82 Å². The van der Waals surface area contributed by atoms with Crippen molar-refractivity contribution in [2.24, 2.45) is 0 Å². The molecule has 0 atom stereocenters. The number of nitro groups is 1. The van der Waals surface area contributed by atoms with Crippen molar-refractivity contribution in [1.82, 2.24) is 4.98 Å². The fourth-order valence-electron chi connectivity index (χ4n) is 1.51. The van der Waals surface area contributed by atoms with Crippen LogP contribution in [0.15, 0.2) is 23.7 Å². The van der Waals surface area contributed by atoms with Crippen molar-refractivity contribution in [3.8, 4) is 0 Å². The molecule has 5 nitrogen and oxygen atoms in total. The molecule has 7 heteroatoms. The quantitative estimate of drug-likeness (QED) is 0.682. The summed E-state index contributed by atoms with van der Waals surface area (Å²) < 4.78 is 13.4. The first-order chi connectivity index (χ1) is 8.59. The van der Waals surface area contributed by atoms with Crippen LogP contribution < -0.4 is 5.32 Å². The van der Waals surface area contributed by atoms with E-state index in [4.69, 9.17) is 0 Å². The van der Waals surface area contributed by atoms with Crippen molar-refractivity contribution in [1.29, 1.82) is 0 Å². The number of para-hydroxylation sites is 1. The molecule has 0 aliphatic rings. The molecule has 0 saturated carbocycles. The number of aromatic nitrogens is 1. The van der Waals surface area contributed by atoms with E-state index in [1.54, 1.807) is 5.51 Å². The number of anilines is 1. The molecule has 94 valence electrons. The van der Waals surface area contributed by atoms with Gasteiger partial charge in [-0.15, -0.1) is 11.3 Å². The van der Waals surface area contributed by atoms with E-state index in [2.05, 4.69) is 10.3 Å². The van der Waals surface area contributed by atoms with Crippen LogP contribution in [0.3, 0.4) is 0 Å². The number of rotatable bonds is 4. The number of nitrogens with one attached hydrogen (secondary N) is 1. The van der Waals surface area contributed by atoms with Crippen LogP contribution in [0.1, 0.15) is 10.6 Å². The van der Waals surface area contributed by atoms with Crippen molar-refractivity contribution >= 4 is 22.7 Å². The average Bonchev–Trinajstić information content (AvgIpc) is 2.71. The molecule has 18 heavy (non-hydrogen) atoms. The molecule has 1 aromatic heterocycles. The molecule has 0 radical (unpaired) electrons. The van der Waals surface area contributed by atoms with Gasteiger partial charge in [0.1, 0.15) is 5.69 Å². The van der Waals surface area contributed by atoms with E-state index < -0.39 is 16.4 Å². The minimum atomic E-state index is -0.842. The molecule has 0 aliphatic carbocycles. The van der Waals surface area contributed by atoms with Crippen LogP contribution in [0.2, 0.25) is 0 Å². The van der Waals surface area contributed by atoms with Crippen LogP contribution in [0.25, 0.3) is 0 Å². The lowest BCUT2D eigenvalue weighted by atomic mass is 10.2. The number of nitro benzene ring substituents is 1. The first-order valence-corrected chi connectivity index (χ1v) is 6.03. The molecule has 0 fully saturated rings. The van der Waals surface area contributed by atoms with Gasteiger partial charge in [-0.1, -0.05) is 6.07 Å². The number of nitrogens with zero attached hydrogens (tertiary/aromatic N) is 2. The summed E-state index contributed by atoms with van der Waals surface area (Å²) in [5.74, 6) is -0.842. The SMILES string of the molecule is Cc1ncsc1CNc1cccc(F)c1[N+](=O)[O-]. The van der Waals surface area contributed by atoms with Crippen LogP contribution in [-0.2, 0) is 6.54 Å². The standard InChI is InChI=1S/C11H10FN3O2S/c1-7-10(18-6-14-7)5-13-9-4-2-3-8(12)11(9)15(16)17/h2-4,6,13H,5H2,1H3. The minimum absolute atomic E-state index is 0.174. The van der Waals surface area contributed by atoms with Crippen molar-refractivity contribution in [2.75, 3.05) is 5.32 Å². The molecular formula is C11H10FN3O2S. The molecule has 1 aromatic carbocycles. The summed E-state index contributed by atoms with van der Waals surface area (Å²) >= 11 is 1.45. The van der Waals surface area contributed by atoms with Gasteiger partial charge in [0.25, 0.3) is 0 Å². The Balaban J connectivity index is 2.22. The van der Waals surface area contributed by atoms with E-state index in [-0.39, 0.29) is 5.69 Å². The van der Waals surface area contributed by atoms with Gasteiger partial charge >= 0.3 is 5.69 Å². The van der Waals surface area contributed by atoms with Gasteiger partial charge in [-0.3, -0.25) is 10.1 Å². The van der Waals surface area contributed by atoms with Gasteiger partial charge in [-0.2, -0.15) is 4.39 Å². The third-order valence-corrected chi connectivity index (χ3v) is 3.39. The summed E-state index contributed by atoms with van der Waals surface area (Å²) in [6.45, 7) is 2.24. The summed E-state index contributed by atoms with van der Waals surface area (Å²) in [7, 11) is 0. The Morgan fingerprint density at radius 3 is 2.94 bits per heavy atom. The van der Waals surface area contributed by atoms with E-state index >= 15 is 0 Å². The third-order valence-electron chi connectivity index (χ3n) is 2.45. The summed E-state index contributed by atoms with van der Waals surface area (Å²) in [6, 6.07) is 3.99. The number of benzene rings is 1. The summed E-state index contributed by atoms with van der Waals surface area (Å²) in [5.41, 5.74) is 2.21. The summed E-state index contributed by atoms with van der Waals surface area (Å²) in [5, 5.41) is 13.7. The van der Waals surface area contributed by atoms with Gasteiger partial charge in [0.05, 0.1) is 22.7 Å². The lowest BCUT2D eigenvalue weighted by molar-refractivity contribution is -0.386. The van der Waals surface area contributed by atoms with Crippen molar-refractivity contribution < 1.29 is 9.31 Å². The molecule has 0 spiro atoms. The second-order valence-electron chi connectivity index (χ2n) is 3.61. The molecule has 1 N–H and O–H groups in total. The fourth-order valence-corrected chi connectivity index (χ4v) is 2.23. The molecule has 2 aromatic rings. The van der Waals surface area contributed by atoms with E-state index in [1.807, 2.05) is 6.92 Å². The number of thiazole rings is 1. The van der Waals surface area contributed by atoms with E-state index in [0.717, 1.165) is 16.6 Å². The Labute approximate surface area is 106 Å². The lowest BCUT2D eigenvalue weighted by Gasteiger charge is -2.06. The van der Waals surface area contributed by atoms with Gasteiger partial charge in [-0.25, -0.2) is 4.98 Å². The fraction of sp³-hybridized carbons (Fsp3) is 0.182. The number of hydrogen-bond donors (Lipinski definition) is 1. The Hall–Kier alpha value is -2.02. The van der Waals surface area contributed by atoms with Crippen molar-refractivity contribution in [3.63, 3.8) is 0 Å². The van der Waals surface area contributed by atoms with Crippen molar-refractivity contribution in [2.45, 2.75) is 13.5 Å². The molecule has 0 bridgehead atoms. The highest BCUT2D eigenvalue weighted by atomic mass is 32.1. The zero-order valence-corrected chi connectivity index (χ0v) is 10.3. The zero-order valence-electron chi connectivity index (χ0n) is 9.51. The van der Waals surface area contributed by atoms with Gasteiger partial charge in [0, 0.05) is 4.88 Å². The average molecular weight is 267 g/mol. The van der Waals surface area contributed by atoms with E-state index in [0.29, 0.717) is 6.54 Å². The largest absolute Gasteiger partial charge is 0.374 e.